The third-order valence-corrected chi connectivity index (χ3v) is 8.28. The Labute approximate surface area is 180 Å². The Hall–Kier alpha value is -2.16. The molecule has 3 nitrogen and oxygen atoms in total. The van der Waals surface area contributed by atoms with Gasteiger partial charge in [-0.3, -0.25) is 9.59 Å². The maximum absolute atomic E-state index is 12.7. The minimum absolute atomic E-state index is 0.197. The second-order valence-electron chi connectivity index (χ2n) is 10.1. The normalized spacial score (nSPS) is 31.3. The molecule has 30 heavy (non-hydrogen) atoms. The average Bonchev–Trinajstić information content (AvgIpc) is 2.97. The molecule has 1 aliphatic heterocycles. The van der Waals surface area contributed by atoms with E-state index in [1.807, 2.05) is 12.2 Å². The Morgan fingerprint density at radius 2 is 1.63 bits per heavy atom. The molecule has 4 atom stereocenters. The first-order valence-electron chi connectivity index (χ1n) is 11.3. The molecular weight excluding hydrogens is 372 g/mol. The van der Waals surface area contributed by atoms with Crippen molar-refractivity contribution < 1.29 is 14.3 Å². The number of esters is 2. The van der Waals surface area contributed by atoms with Crippen LogP contribution in [0.25, 0.3) is 0 Å². The highest BCUT2D eigenvalue weighted by molar-refractivity contribution is 5.98. The maximum atomic E-state index is 12.7. The fraction of sp³-hybridized carbons (Fsp3) is 0.556. The molecule has 160 valence electrons. The van der Waals surface area contributed by atoms with E-state index in [1.54, 1.807) is 0 Å². The van der Waals surface area contributed by atoms with Gasteiger partial charge in [-0.2, -0.15) is 0 Å². The summed E-state index contributed by atoms with van der Waals surface area (Å²) in [5.41, 5.74) is 8.04. The van der Waals surface area contributed by atoms with Crippen LogP contribution in [-0.4, -0.2) is 11.9 Å². The molecule has 1 saturated heterocycles. The molecule has 0 saturated carbocycles. The second kappa shape index (κ2) is 7.21. The van der Waals surface area contributed by atoms with Crippen LogP contribution < -0.4 is 0 Å². The third kappa shape index (κ3) is 2.77. The Balaban J connectivity index is 1.87. The Morgan fingerprint density at radius 3 is 2.30 bits per heavy atom. The second-order valence-corrected chi connectivity index (χ2v) is 10.1. The van der Waals surface area contributed by atoms with E-state index in [0.717, 1.165) is 38.5 Å². The molecule has 0 bridgehead atoms. The van der Waals surface area contributed by atoms with Crippen molar-refractivity contribution in [2.45, 2.75) is 83.5 Å². The Bertz CT molecular complexity index is 956. The standard InChI is InChI=1S/C27H34O3/c1-7-9-11-12-26(5)15-20-17(4)22-18(16(3)21(20)26)14-19-23(25(29)30-24(19)28)27(22,6)13-10-8-2/h7-8,19,23H,1-2,9-15H2,3-6H3. The quantitative estimate of drug-likeness (QED) is 0.257. The molecule has 0 amide bonds. The van der Waals surface area contributed by atoms with E-state index in [2.05, 4.69) is 40.9 Å². The highest BCUT2D eigenvalue weighted by Crippen LogP contribution is 2.57. The van der Waals surface area contributed by atoms with Gasteiger partial charge in [0.25, 0.3) is 0 Å². The summed E-state index contributed by atoms with van der Waals surface area (Å²) >= 11 is 0. The van der Waals surface area contributed by atoms with Crippen molar-refractivity contribution >= 4 is 11.9 Å². The van der Waals surface area contributed by atoms with E-state index in [-0.39, 0.29) is 29.2 Å². The molecule has 1 heterocycles. The topological polar surface area (TPSA) is 43.4 Å². The molecule has 2 aliphatic carbocycles. The zero-order valence-corrected chi connectivity index (χ0v) is 18.9. The first kappa shape index (κ1) is 21.1. The number of unbranched alkanes of at least 4 members (excludes halogenated alkanes) is 1. The van der Waals surface area contributed by atoms with E-state index in [9.17, 15) is 9.59 Å². The minimum Gasteiger partial charge on any atom is -0.393 e. The fourth-order valence-electron chi connectivity index (χ4n) is 6.92. The Kier molecular flexibility index (Phi) is 5.07. The van der Waals surface area contributed by atoms with Gasteiger partial charge in [-0.15, -0.1) is 13.2 Å². The van der Waals surface area contributed by atoms with Crippen molar-refractivity contribution in [1.29, 1.82) is 0 Å². The highest BCUT2D eigenvalue weighted by atomic mass is 16.6. The molecule has 3 heteroatoms. The van der Waals surface area contributed by atoms with Crippen LogP contribution in [0.3, 0.4) is 0 Å². The van der Waals surface area contributed by atoms with Gasteiger partial charge >= 0.3 is 11.9 Å². The number of hydrogen-bond donors (Lipinski definition) is 0. The third-order valence-electron chi connectivity index (χ3n) is 8.28. The van der Waals surface area contributed by atoms with Crippen LogP contribution in [0.15, 0.2) is 25.3 Å². The van der Waals surface area contributed by atoms with Gasteiger partial charge in [0, 0.05) is 5.41 Å². The summed E-state index contributed by atoms with van der Waals surface area (Å²) in [4.78, 5) is 25.3. The van der Waals surface area contributed by atoms with Crippen LogP contribution in [0.5, 0.6) is 0 Å². The van der Waals surface area contributed by atoms with Crippen molar-refractivity contribution in [1.82, 2.24) is 0 Å². The van der Waals surface area contributed by atoms with Crippen molar-refractivity contribution in [2.75, 3.05) is 0 Å². The molecule has 1 aromatic rings. The largest absolute Gasteiger partial charge is 0.393 e. The summed E-state index contributed by atoms with van der Waals surface area (Å²) in [5, 5.41) is 0. The smallest absolute Gasteiger partial charge is 0.318 e. The van der Waals surface area contributed by atoms with Gasteiger partial charge in [-0.05, 0) is 97.6 Å². The maximum Gasteiger partial charge on any atom is 0.318 e. The van der Waals surface area contributed by atoms with E-state index < -0.39 is 5.41 Å². The molecule has 4 unspecified atom stereocenters. The van der Waals surface area contributed by atoms with Gasteiger partial charge < -0.3 is 4.74 Å². The first-order chi connectivity index (χ1) is 14.2. The molecular formula is C27H34O3. The number of rotatable bonds is 7. The Morgan fingerprint density at radius 1 is 0.967 bits per heavy atom. The molecule has 4 rings (SSSR count). The van der Waals surface area contributed by atoms with Crippen molar-refractivity contribution in [3.63, 3.8) is 0 Å². The molecule has 0 aromatic heterocycles. The number of ether oxygens (including phenoxy) is 1. The van der Waals surface area contributed by atoms with Crippen LogP contribution in [-0.2, 0) is 38.0 Å². The predicted octanol–water partition coefficient (Wildman–Crippen LogP) is 5.57. The van der Waals surface area contributed by atoms with E-state index in [0.29, 0.717) is 6.42 Å². The lowest BCUT2D eigenvalue weighted by molar-refractivity contribution is -0.154. The molecule has 3 aliphatic rings. The lowest BCUT2D eigenvalue weighted by Gasteiger charge is -2.50. The van der Waals surface area contributed by atoms with Crippen LogP contribution in [0, 0.1) is 25.7 Å². The number of carbonyl (C=O) groups excluding carboxylic acids is 2. The average molecular weight is 407 g/mol. The van der Waals surface area contributed by atoms with Crippen LogP contribution in [0.4, 0.5) is 0 Å². The lowest BCUT2D eigenvalue weighted by Crippen LogP contribution is -2.47. The van der Waals surface area contributed by atoms with Gasteiger partial charge in [0.15, 0.2) is 0 Å². The van der Waals surface area contributed by atoms with Crippen LogP contribution >= 0.6 is 0 Å². The zero-order valence-electron chi connectivity index (χ0n) is 18.9. The van der Waals surface area contributed by atoms with E-state index in [1.165, 1.54) is 33.4 Å². The van der Waals surface area contributed by atoms with Crippen molar-refractivity contribution in [3.8, 4) is 0 Å². The summed E-state index contributed by atoms with van der Waals surface area (Å²) in [6.07, 6.45) is 10.6. The predicted molar refractivity (Wildman–Crippen MR) is 120 cm³/mol. The molecule has 1 aromatic carbocycles. The fourth-order valence-corrected chi connectivity index (χ4v) is 6.92. The number of fused-ring (bicyclic) bond motifs is 3. The van der Waals surface area contributed by atoms with Gasteiger partial charge in [0.05, 0.1) is 11.8 Å². The summed E-state index contributed by atoms with van der Waals surface area (Å²) in [5.74, 6) is -1.42. The van der Waals surface area contributed by atoms with Gasteiger partial charge in [0.1, 0.15) is 0 Å². The SMILES string of the molecule is C=CCCCC1(C)Cc2c(C)c3c(c(C)c21)CC1C(=O)OC(=O)C1C3(C)CCC=C. The number of carbonyl (C=O) groups is 2. The number of cyclic esters (lactones) is 2. The number of hydrogen-bond acceptors (Lipinski definition) is 3. The van der Waals surface area contributed by atoms with Gasteiger partial charge in [-0.25, -0.2) is 0 Å². The van der Waals surface area contributed by atoms with Crippen LogP contribution in [0.2, 0.25) is 0 Å². The monoisotopic (exact) mass is 406 g/mol. The van der Waals surface area contributed by atoms with Gasteiger partial charge in [0.2, 0.25) is 0 Å². The summed E-state index contributed by atoms with van der Waals surface area (Å²) in [6.45, 7) is 16.8. The molecule has 0 radical (unpaired) electrons. The highest BCUT2D eigenvalue weighted by Gasteiger charge is 2.59. The van der Waals surface area contributed by atoms with Crippen molar-refractivity contribution in [3.05, 3.63) is 58.7 Å². The summed E-state index contributed by atoms with van der Waals surface area (Å²) < 4.78 is 5.16. The molecule has 0 N–H and O–H groups in total. The summed E-state index contributed by atoms with van der Waals surface area (Å²) in [6, 6.07) is 0. The number of benzene rings is 1. The first-order valence-corrected chi connectivity index (χ1v) is 11.3. The van der Waals surface area contributed by atoms with Gasteiger partial charge in [-0.1, -0.05) is 26.0 Å². The van der Waals surface area contributed by atoms with E-state index in [4.69, 9.17) is 4.74 Å². The molecule has 1 fully saturated rings. The zero-order chi connectivity index (χ0) is 21.8. The van der Waals surface area contributed by atoms with Crippen molar-refractivity contribution in [2.24, 2.45) is 11.8 Å². The minimum atomic E-state index is -0.394. The molecule has 0 spiro atoms. The number of allylic oxidation sites excluding steroid dienone is 2. The van der Waals surface area contributed by atoms with Crippen LogP contribution in [0.1, 0.15) is 79.3 Å². The summed E-state index contributed by atoms with van der Waals surface area (Å²) in [7, 11) is 0. The van der Waals surface area contributed by atoms with E-state index >= 15 is 0 Å². The lowest BCUT2D eigenvalue weighted by atomic mass is 9.52.